The molecular formula is C43H46N6O11S2. The second kappa shape index (κ2) is 22.3. The van der Waals surface area contributed by atoms with Crippen LogP contribution in [0.4, 0.5) is 0 Å². The van der Waals surface area contributed by atoms with Gasteiger partial charge in [0.05, 0.1) is 40.0 Å². The van der Waals surface area contributed by atoms with E-state index in [0.717, 1.165) is 28.7 Å². The largest absolute Gasteiger partial charge is 0.480 e. The number of aryl methyl sites for hydroxylation is 2. The minimum atomic E-state index is -4.02. The number of nitrogens with zero attached hydrogens (tertiary/aromatic N) is 3. The molecule has 3 amide bonds. The maximum Gasteiger partial charge on any atom is 0.317 e. The summed E-state index contributed by atoms with van der Waals surface area (Å²) < 4.78 is 59.1. The van der Waals surface area contributed by atoms with Crippen LogP contribution in [0.3, 0.4) is 0 Å². The highest BCUT2D eigenvalue weighted by Crippen LogP contribution is 2.26. The van der Waals surface area contributed by atoms with Crippen LogP contribution in [0.15, 0.2) is 113 Å². The molecule has 0 unspecified atom stereocenters. The van der Waals surface area contributed by atoms with Crippen molar-refractivity contribution in [1.29, 1.82) is 5.26 Å². The van der Waals surface area contributed by atoms with E-state index in [1.807, 2.05) is 44.2 Å². The Balaban J connectivity index is 0.000000310. The minimum Gasteiger partial charge on any atom is -0.480 e. The van der Waals surface area contributed by atoms with Crippen LogP contribution < -0.4 is 16.0 Å². The number of nitrogens with one attached hydrogen (secondary N) is 3. The molecule has 17 nitrogen and oxygen atoms in total. The monoisotopic (exact) mass is 886 g/mol. The van der Waals surface area contributed by atoms with Crippen LogP contribution in [-0.2, 0) is 29.8 Å². The maximum atomic E-state index is 13.0. The van der Waals surface area contributed by atoms with Gasteiger partial charge in [-0.1, -0.05) is 53.6 Å². The summed E-state index contributed by atoms with van der Waals surface area (Å²) in [5.41, 5.74) is 5.09. The number of carboxylic acid groups (broad SMARTS) is 1. The maximum absolute atomic E-state index is 13.0. The third kappa shape index (κ3) is 14.6. The standard InChI is InChI=1S/C29H30N6O5.2C7H8O3S/c30-16-22-3-1-14-35(22)26(36)17-34-29(40)23-10-13-32-25-9-8-21(15-24(23)25)19-4-6-20(7-5-19)28(39)33-12-2-11-31-18-27(37)38;2*1-6-2-4-7(5-3-6)11(8,9)10/h4-10,13,15,22,31H,1-3,11-12,14,17-18H2,(H,33,39)(H,34,40)(H,37,38);2*2-5H,1H3,(H,8,9,10)/t22-;;/m0../s1. The van der Waals surface area contributed by atoms with Crippen molar-refractivity contribution in [3.8, 4) is 17.2 Å². The van der Waals surface area contributed by atoms with E-state index in [9.17, 15) is 41.3 Å². The van der Waals surface area contributed by atoms with E-state index in [-0.39, 0.29) is 34.7 Å². The lowest BCUT2D eigenvalue weighted by Gasteiger charge is -2.19. The minimum absolute atomic E-state index is 0.0666. The van der Waals surface area contributed by atoms with Crippen molar-refractivity contribution in [2.45, 2.75) is 48.9 Å². The zero-order valence-corrected chi connectivity index (χ0v) is 35.4. The molecule has 2 heterocycles. The zero-order chi connectivity index (χ0) is 45.5. The van der Waals surface area contributed by atoms with Crippen LogP contribution in [0, 0.1) is 25.2 Å². The molecule has 1 fully saturated rings. The number of fused-ring (bicyclic) bond motifs is 1. The number of hydrogen-bond acceptors (Lipinski definition) is 11. The number of carbonyl (C=O) groups is 4. The Kier molecular flexibility index (Phi) is 17.3. The summed E-state index contributed by atoms with van der Waals surface area (Å²) in [5.74, 6) is -1.84. The summed E-state index contributed by atoms with van der Waals surface area (Å²) in [7, 11) is -8.04. The van der Waals surface area contributed by atoms with Crippen LogP contribution in [-0.4, -0.2) is 103 Å². The molecule has 1 atom stereocenters. The molecule has 326 valence electrons. The molecule has 0 radical (unpaired) electrons. The molecule has 4 aromatic carbocycles. The molecule has 0 saturated carbocycles. The van der Waals surface area contributed by atoms with E-state index in [1.165, 1.54) is 29.2 Å². The number of amides is 3. The number of carboxylic acids is 1. The summed E-state index contributed by atoms with van der Waals surface area (Å²) in [6.45, 7) is 4.79. The van der Waals surface area contributed by atoms with Crippen molar-refractivity contribution in [3.63, 3.8) is 0 Å². The number of rotatable bonds is 13. The summed E-state index contributed by atoms with van der Waals surface area (Å²) in [6, 6.07) is 27.9. The molecule has 1 aromatic heterocycles. The highest BCUT2D eigenvalue weighted by molar-refractivity contribution is 7.86. The van der Waals surface area contributed by atoms with Crippen molar-refractivity contribution in [3.05, 3.63) is 126 Å². The van der Waals surface area contributed by atoms with E-state index in [1.54, 1.807) is 48.7 Å². The van der Waals surface area contributed by atoms with Gasteiger partial charge in [-0.15, -0.1) is 0 Å². The predicted molar refractivity (Wildman–Crippen MR) is 229 cm³/mol. The Labute approximate surface area is 359 Å². The topological polar surface area (TPSA) is 273 Å². The Morgan fingerprint density at radius 3 is 1.89 bits per heavy atom. The second-order valence-corrected chi connectivity index (χ2v) is 16.8. The van der Waals surface area contributed by atoms with Crippen molar-refractivity contribution in [2.75, 3.05) is 32.7 Å². The summed E-state index contributed by atoms with van der Waals surface area (Å²) in [5, 5.41) is 26.7. The van der Waals surface area contributed by atoms with Gasteiger partial charge >= 0.3 is 5.97 Å². The summed E-state index contributed by atoms with van der Waals surface area (Å²) in [4.78, 5) is 54.2. The molecule has 1 aliphatic heterocycles. The van der Waals surface area contributed by atoms with Gasteiger partial charge in [0.1, 0.15) is 6.04 Å². The smallest absolute Gasteiger partial charge is 0.317 e. The van der Waals surface area contributed by atoms with E-state index >= 15 is 0 Å². The molecule has 5 aromatic rings. The van der Waals surface area contributed by atoms with Crippen molar-refractivity contribution < 1.29 is 50.2 Å². The van der Waals surface area contributed by atoms with Gasteiger partial charge < -0.3 is 26.0 Å². The lowest BCUT2D eigenvalue weighted by atomic mass is 9.99. The fourth-order valence-corrected chi connectivity index (χ4v) is 6.98. The number of benzene rings is 4. The van der Waals surface area contributed by atoms with Crippen LogP contribution >= 0.6 is 0 Å². The molecule has 19 heteroatoms. The Morgan fingerprint density at radius 1 is 0.758 bits per heavy atom. The van der Waals surface area contributed by atoms with Gasteiger partial charge in [-0.3, -0.25) is 33.3 Å². The third-order valence-electron chi connectivity index (χ3n) is 9.32. The van der Waals surface area contributed by atoms with E-state index in [4.69, 9.17) is 14.2 Å². The molecule has 62 heavy (non-hydrogen) atoms. The average Bonchev–Trinajstić information content (AvgIpc) is 3.73. The van der Waals surface area contributed by atoms with Crippen LogP contribution in [0.5, 0.6) is 0 Å². The number of nitriles is 1. The van der Waals surface area contributed by atoms with Gasteiger partial charge in [-0.25, -0.2) is 0 Å². The highest BCUT2D eigenvalue weighted by Gasteiger charge is 2.28. The number of aromatic nitrogens is 1. The molecule has 0 aliphatic carbocycles. The van der Waals surface area contributed by atoms with Gasteiger partial charge in [0.25, 0.3) is 32.1 Å². The van der Waals surface area contributed by atoms with Crippen molar-refractivity contribution >= 4 is 54.8 Å². The first-order chi connectivity index (χ1) is 29.4. The van der Waals surface area contributed by atoms with Crippen molar-refractivity contribution in [2.24, 2.45) is 0 Å². The van der Waals surface area contributed by atoms with E-state index in [0.29, 0.717) is 54.5 Å². The van der Waals surface area contributed by atoms with Gasteiger partial charge in [0.15, 0.2) is 0 Å². The average molecular weight is 887 g/mol. The van der Waals surface area contributed by atoms with Gasteiger partial charge in [0, 0.05) is 30.2 Å². The number of carbonyl (C=O) groups excluding carboxylic acids is 3. The second-order valence-electron chi connectivity index (χ2n) is 14.0. The van der Waals surface area contributed by atoms with E-state index in [2.05, 4.69) is 27.0 Å². The highest BCUT2D eigenvalue weighted by atomic mass is 32.2. The van der Waals surface area contributed by atoms with Crippen molar-refractivity contribution in [1.82, 2.24) is 25.8 Å². The third-order valence-corrected chi connectivity index (χ3v) is 11.1. The van der Waals surface area contributed by atoms with Gasteiger partial charge in [0.2, 0.25) is 5.91 Å². The first-order valence-corrected chi connectivity index (χ1v) is 22.0. The molecule has 1 aliphatic rings. The quantitative estimate of drug-likeness (QED) is 0.0706. The summed E-state index contributed by atoms with van der Waals surface area (Å²) >= 11 is 0. The molecule has 0 bridgehead atoms. The molecule has 1 saturated heterocycles. The molecular weight excluding hydrogens is 841 g/mol. The lowest BCUT2D eigenvalue weighted by molar-refractivity contribution is -0.136. The SMILES string of the molecule is Cc1ccc(S(=O)(=O)O)cc1.Cc1ccc(S(=O)(=O)O)cc1.N#C[C@@H]1CCCN1C(=O)CNC(=O)c1ccnc2ccc(-c3ccc(C(=O)NCCCNCC(=O)O)cc3)cc12. The number of likely N-dealkylation sites (tertiary alicyclic amines) is 1. The molecule has 6 N–H and O–H groups in total. The van der Waals surface area contributed by atoms with E-state index < -0.39 is 38.2 Å². The summed E-state index contributed by atoms with van der Waals surface area (Å²) in [6.07, 6.45) is 3.56. The Bertz CT molecular complexity index is 2560. The fourth-order valence-electron chi connectivity index (χ4n) is 6.02. The number of aliphatic carboxylic acids is 1. The van der Waals surface area contributed by atoms with Crippen LogP contribution in [0.2, 0.25) is 0 Å². The predicted octanol–water partition coefficient (Wildman–Crippen LogP) is 4.42. The first kappa shape index (κ1) is 48.1. The normalized spacial score (nSPS) is 13.4. The lowest BCUT2D eigenvalue weighted by Crippen LogP contribution is -2.42. The fraction of sp³-hybridized carbons (Fsp3) is 0.256. The zero-order valence-electron chi connectivity index (χ0n) is 33.8. The Morgan fingerprint density at radius 2 is 1.34 bits per heavy atom. The number of pyridine rings is 1. The van der Waals surface area contributed by atoms with Crippen LogP contribution in [0.1, 0.15) is 51.1 Å². The van der Waals surface area contributed by atoms with Crippen LogP contribution in [0.25, 0.3) is 22.0 Å². The Hall–Kier alpha value is -6.56. The first-order valence-electron chi connectivity index (χ1n) is 19.1. The van der Waals surface area contributed by atoms with Gasteiger partial charge in [-0.05, 0) is 105 Å². The van der Waals surface area contributed by atoms with Gasteiger partial charge in [-0.2, -0.15) is 22.1 Å². The molecule has 6 rings (SSSR count). The molecule has 0 spiro atoms. The number of hydrogen-bond donors (Lipinski definition) is 6.